The third-order valence-electron chi connectivity index (χ3n) is 2.17. The molecule has 1 heterocycles. The number of hydrogen-bond donors (Lipinski definition) is 0. The van der Waals surface area contributed by atoms with Gasteiger partial charge >= 0.3 is 0 Å². The van der Waals surface area contributed by atoms with Gasteiger partial charge in [-0.2, -0.15) is 5.10 Å². The molecule has 4 nitrogen and oxygen atoms in total. The number of nitrogens with zero attached hydrogens (tertiary/aromatic N) is 2. The van der Waals surface area contributed by atoms with Crippen LogP contribution in [0.2, 0.25) is 0 Å². The average Bonchev–Trinajstić information content (AvgIpc) is 2.37. The van der Waals surface area contributed by atoms with Crippen molar-refractivity contribution in [3.05, 3.63) is 58.5 Å². The van der Waals surface area contributed by atoms with Crippen LogP contribution in [0.4, 0.5) is 0 Å². The minimum atomic E-state index is -0.451. The summed E-state index contributed by atoms with van der Waals surface area (Å²) in [7, 11) is 1.41. The van der Waals surface area contributed by atoms with E-state index >= 15 is 0 Å². The largest absolute Gasteiger partial charge is 0.495 e. The molecule has 0 aliphatic carbocycles. The summed E-state index contributed by atoms with van der Waals surface area (Å²) in [6, 6.07) is 9.34. The number of ether oxygens (including phenoxy) is 1. The lowest BCUT2D eigenvalue weighted by Gasteiger charge is -2.05. The molecule has 0 saturated carbocycles. The van der Waals surface area contributed by atoms with Gasteiger partial charge < -0.3 is 4.74 Å². The second kappa shape index (κ2) is 4.61. The lowest BCUT2D eigenvalue weighted by molar-refractivity contribution is 0.407. The van der Waals surface area contributed by atoms with Crippen LogP contribution in [0.15, 0.2) is 47.4 Å². The Labute approximate surface area is 94.5 Å². The van der Waals surface area contributed by atoms with Gasteiger partial charge in [0.25, 0.3) is 5.56 Å². The van der Waals surface area contributed by atoms with Gasteiger partial charge in [-0.05, 0) is 5.56 Å². The normalized spacial score (nSPS) is 10.9. The standard InChI is InChI=1S/C12H12N2O2/c1-16-11-7-12(15)14(13-8-11)9-10-5-3-2-4-6-10/h2-8H,9H2,1H3/i7D. The van der Waals surface area contributed by atoms with E-state index in [0.29, 0.717) is 6.54 Å². The molecule has 0 unspecified atom stereocenters. The monoisotopic (exact) mass is 217 g/mol. The van der Waals surface area contributed by atoms with Crippen LogP contribution in [0.25, 0.3) is 0 Å². The third-order valence-corrected chi connectivity index (χ3v) is 2.17. The molecule has 2 rings (SSSR count). The fourth-order valence-electron chi connectivity index (χ4n) is 1.35. The van der Waals surface area contributed by atoms with Crippen molar-refractivity contribution in [3.63, 3.8) is 0 Å². The zero-order valence-electron chi connectivity index (χ0n) is 9.88. The molecular formula is C12H12N2O2. The Morgan fingerprint density at radius 2 is 2.19 bits per heavy atom. The van der Waals surface area contributed by atoms with Gasteiger partial charge in [-0.1, -0.05) is 30.3 Å². The van der Waals surface area contributed by atoms with Gasteiger partial charge in [-0.25, -0.2) is 4.68 Å². The summed E-state index contributed by atoms with van der Waals surface area (Å²) >= 11 is 0. The highest BCUT2D eigenvalue weighted by Crippen LogP contribution is 2.03. The van der Waals surface area contributed by atoms with Gasteiger partial charge in [0, 0.05) is 6.04 Å². The molecule has 1 aromatic carbocycles. The van der Waals surface area contributed by atoms with Crippen molar-refractivity contribution in [3.8, 4) is 5.75 Å². The average molecular weight is 217 g/mol. The fourth-order valence-corrected chi connectivity index (χ4v) is 1.35. The number of aromatic nitrogens is 2. The van der Waals surface area contributed by atoms with Gasteiger partial charge in [0.15, 0.2) is 0 Å². The fraction of sp³-hybridized carbons (Fsp3) is 0.167. The zero-order valence-corrected chi connectivity index (χ0v) is 8.88. The second-order valence-corrected chi connectivity index (χ2v) is 3.29. The molecule has 1 aromatic heterocycles. The van der Waals surface area contributed by atoms with Crippen molar-refractivity contribution < 1.29 is 6.11 Å². The summed E-state index contributed by atoms with van der Waals surface area (Å²) in [6.07, 6.45) is 1.38. The van der Waals surface area contributed by atoms with Crippen molar-refractivity contribution in [2.75, 3.05) is 7.11 Å². The van der Waals surface area contributed by atoms with E-state index in [1.165, 1.54) is 18.0 Å². The Balaban J connectivity index is 2.35. The van der Waals surface area contributed by atoms with Crippen molar-refractivity contribution in [2.24, 2.45) is 0 Å². The minimum absolute atomic E-state index is 0.168. The molecule has 4 heteroatoms. The molecule has 0 amide bonds. The molecule has 2 aromatic rings. The second-order valence-electron chi connectivity index (χ2n) is 3.29. The van der Waals surface area contributed by atoms with Gasteiger partial charge in [0.1, 0.15) is 5.75 Å². The molecule has 0 atom stereocenters. The predicted molar refractivity (Wildman–Crippen MR) is 60.6 cm³/mol. The van der Waals surface area contributed by atoms with Crippen LogP contribution in [-0.4, -0.2) is 16.9 Å². The highest BCUT2D eigenvalue weighted by atomic mass is 16.5. The van der Waals surface area contributed by atoms with Gasteiger partial charge in [0.05, 0.1) is 21.2 Å². The Morgan fingerprint density at radius 1 is 1.44 bits per heavy atom. The molecule has 0 fully saturated rings. The quantitative estimate of drug-likeness (QED) is 0.778. The van der Waals surface area contributed by atoms with Crippen LogP contribution < -0.4 is 10.3 Å². The number of methoxy groups -OCH3 is 1. The van der Waals surface area contributed by atoms with E-state index in [1.807, 2.05) is 30.3 Å². The van der Waals surface area contributed by atoms with Crippen LogP contribution >= 0.6 is 0 Å². The molecule has 82 valence electrons. The Kier molecular flexibility index (Phi) is 2.64. The smallest absolute Gasteiger partial charge is 0.270 e. The molecule has 0 aliphatic heterocycles. The summed E-state index contributed by atoms with van der Waals surface area (Å²) in [6.45, 7) is 0.357. The van der Waals surface area contributed by atoms with E-state index < -0.39 is 5.56 Å². The number of rotatable bonds is 3. The van der Waals surface area contributed by atoms with Crippen LogP contribution in [0.5, 0.6) is 5.75 Å². The SMILES string of the molecule is [2H]c1c(OC)cnn(Cc2ccccc2)c1=O. The predicted octanol–water partition coefficient (Wildman–Crippen LogP) is 1.30. The molecule has 0 saturated heterocycles. The first-order chi connectivity index (χ1) is 8.22. The summed E-state index contributed by atoms with van der Waals surface area (Å²) in [5.74, 6) is 0.194. The molecule has 0 aliphatic rings. The van der Waals surface area contributed by atoms with E-state index in [4.69, 9.17) is 6.11 Å². The van der Waals surface area contributed by atoms with Crippen LogP contribution in [-0.2, 0) is 6.54 Å². The van der Waals surface area contributed by atoms with Crippen molar-refractivity contribution in [2.45, 2.75) is 6.54 Å². The van der Waals surface area contributed by atoms with E-state index in [9.17, 15) is 4.79 Å². The lowest BCUT2D eigenvalue weighted by atomic mass is 10.2. The Hall–Kier alpha value is -2.10. The van der Waals surface area contributed by atoms with Gasteiger partial charge in [0.2, 0.25) is 0 Å². The minimum Gasteiger partial charge on any atom is -0.495 e. The van der Waals surface area contributed by atoms with Gasteiger partial charge in [-0.3, -0.25) is 4.79 Å². The van der Waals surface area contributed by atoms with E-state index in [2.05, 4.69) is 5.10 Å². The number of benzene rings is 1. The topological polar surface area (TPSA) is 44.1 Å². The summed E-state index contributed by atoms with van der Waals surface area (Å²) in [5.41, 5.74) is 0.514. The molecular weight excluding hydrogens is 204 g/mol. The maximum Gasteiger partial charge on any atom is 0.270 e. The first-order valence-electron chi connectivity index (χ1n) is 5.37. The van der Waals surface area contributed by atoms with Crippen molar-refractivity contribution in [1.82, 2.24) is 9.78 Å². The molecule has 0 spiro atoms. The van der Waals surface area contributed by atoms with E-state index in [-0.39, 0.29) is 11.8 Å². The lowest BCUT2D eigenvalue weighted by Crippen LogP contribution is -2.22. The zero-order chi connectivity index (χ0) is 12.3. The Bertz CT molecular complexity index is 566. The van der Waals surface area contributed by atoms with E-state index in [1.54, 1.807) is 0 Å². The maximum atomic E-state index is 11.8. The highest BCUT2D eigenvalue weighted by Gasteiger charge is 2.00. The van der Waals surface area contributed by atoms with Crippen LogP contribution in [0, 0.1) is 0 Å². The summed E-state index contributed by atoms with van der Waals surface area (Å²) in [5, 5.41) is 3.96. The highest BCUT2D eigenvalue weighted by molar-refractivity contribution is 5.16. The molecule has 0 radical (unpaired) electrons. The molecule has 16 heavy (non-hydrogen) atoms. The maximum absolute atomic E-state index is 11.8. The van der Waals surface area contributed by atoms with Crippen molar-refractivity contribution >= 4 is 0 Å². The number of hydrogen-bond acceptors (Lipinski definition) is 3. The van der Waals surface area contributed by atoms with Crippen LogP contribution in [0.1, 0.15) is 6.93 Å². The first-order valence-corrected chi connectivity index (χ1v) is 4.87. The molecule has 0 N–H and O–H groups in total. The van der Waals surface area contributed by atoms with Crippen molar-refractivity contribution in [1.29, 1.82) is 0 Å². The third kappa shape index (κ3) is 2.28. The molecule has 0 bridgehead atoms. The van der Waals surface area contributed by atoms with E-state index in [0.717, 1.165) is 5.56 Å². The van der Waals surface area contributed by atoms with Gasteiger partial charge in [-0.15, -0.1) is 0 Å². The first kappa shape index (κ1) is 9.15. The summed E-state index contributed by atoms with van der Waals surface area (Å²) in [4.78, 5) is 11.8. The van der Waals surface area contributed by atoms with Crippen LogP contribution in [0.3, 0.4) is 0 Å². The summed E-state index contributed by atoms with van der Waals surface area (Å²) < 4.78 is 13.7. The Morgan fingerprint density at radius 3 is 2.88 bits per heavy atom.